The number of methoxy groups -OCH3 is 3. The van der Waals surface area contributed by atoms with Crippen molar-refractivity contribution >= 4 is 17.6 Å². The zero-order chi connectivity index (χ0) is 16.0. The van der Waals surface area contributed by atoms with Crippen molar-refractivity contribution in [3.63, 3.8) is 0 Å². The number of esters is 1. The number of nitrogens with two attached hydrogens (primary N) is 1. The number of benzene rings is 1. The molecule has 5 nitrogen and oxygen atoms in total. The van der Waals surface area contributed by atoms with Gasteiger partial charge in [-0.05, 0) is 24.5 Å². The van der Waals surface area contributed by atoms with Crippen LogP contribution in [0.4, 0.5) is 0 Å². The average Bonchev–Trinajstić information content (AvgIpc) is 2.46. The van der Waals surface area contributed by atoms with Gasteiger partial charge >= 0.3 is 5.97 Å². The lowest BCUT2D eigenvalue weighted by molar-refractivity contribution is -0.141. The molecule has 2 N–H and O–H groups in total. The van der Waals surface area contributed by atoms with E-state index in [4.69, 9.17) is 26.8 Å². The van der Waals surface area contributed by atoms with E-state index in [0.717, 1.165) is 5.56 Å². The predicted molar refractivity (Wildman–Crippen MR) is 81.9 cm³/mol. The maximum Gasteiger partial charge on any atom is 0.305 e. The van der Waals surface area contributed by atoms with E-state index in [-0.39, 0.29) is 17.9 Å². The summed E-state index contributed by atoms with van der Waals surface area (Å²) in [5.41, 5.74) is 7.01. The molecule has 0 spiro atoms. The Kier molecular flexibility index (Phi) is 6.78. The summed E-state index contributed by atoms with van der Waals surface area (Å²) in [5.74, 6) is 0.897. The van der Waals surface area contributed by atoms with Gasteiger partial charge in [-0.2, -0.15) is 0 Å². The van der Waals surface area contributed by atoms with Crippen LogP contribution < -0.4 is 15.2 Å². The molecule has 0 fully saturated rings. The second-order valence-corrected chi connectivity index (χ2v) is 5.31. The van der Waals surface area contributed by atoms with E-state index >= 15 is 0 Å². The van der Waals surface area contributed by atoms with Crippen molar-refractivity contribution in [2.75, 3.05) is 21.3 Å². The number of rotatable bonds is 7. The first kappa shape index (κ1) is 17.6. The fourth-order valence-corrected chi connectivity index (χ4v) is 2.55. The number of carbonyl (C=O) groups excluding carboxylic acids is 1. The van der Waals surface area contributed by atoms with Crippen LogP contribution in [0.3, 0.4) is 0 Å². The van der Waals surface area contributed by atoms with Crippen molar-refractivity contribution in [2.45, 2.75) is 25.8 Å². The Morgan fingerprint density at radius 1 is 1.29 bits per heavy atom. The maximum atomic E-state index is 11.3. The second kappa shape index (κ2) is 8.10. The monoisotopic (exact) mass is 315 g/mol. The smallest absolute Gasteiger partial charge is 0.305 e. The van der Waals surface area contributed by atoms with Gasteiger partial charge in [-0.25, -0.2) is 0 Å². The summed E-state index contributed by atoms with van der Waals surface area (Å²) in [6.45, 7) is 1.95. The quantitative estimate of drug-likeness (QED) is 0.783. The van der Waals surface area contributed by atoms with E-state index in [1.54, 1.807) is 13.2 Å². The van der Waals surface area contributed by atoms with Gasteiger partial charge in [0.2, 0.25) is 0 Å². The van der Waals surface area contributed by atoms with E-state index in [9.17, 15) is 4.79 Å². The molecular formula is C15H22ClNO4. The third kappa shape index (κ3) is 4.51. The van der Waals surface area contributed by atoms with Gasteiger partial charge in [-0.3, -0.25) is 4.79 Å². The van der Waals surface area contributed by atoms with E-state index in [1.165, 1.54) is 14.2 Å². The van der Waals surface area contributed by atoms with Gasteiger partial charge in [-0.1, -0.05) is 18.5 Å². The van der Waals surface area contributed by atoms with Gasteiger partial charge in [0.15, 0.2) is 0 Å². The van der Waals surface area contributed by atoms with Crippen LogP contribution in [0.2, 0.25) is 5.02 Å². The fourth-order valence-electron chi connectivity index (χ4n) is 2.22. The maximum absolute atomic E-state index is 11.3. The van der Waals surface area contributed by atoms with Crippen LogP contribution >= 0.6 is 11.6 Å². The van der Waals surface area contributed by atoms with Gasteiger partial charge in [0.25, 0.3) is 0 Å². The highest BCUT2D eigenvalue weighted by Gasteiger charge is 2.21. The predicted octanol–water partition coefficient (Wildman–Crippen LogP) is 2.95. The zero-order valence-corrected chi connectivity index (χ0v) is 13.6. The molecule has 0 bridgehead atoms. The molecule has 2 atom stereocenters. The molecule has 1 aromatic rings. The molecule has 1 rings (SSSR count). The topological polar surface area (TPSA) is 70.8 Å². The van der Waals surface area contributed by atoms with E-state index in [1.807, 2.05) is 13.0 Å². The highest BCUT2D eigenvalue weighted by Crippen LogP contribution is 2.40. The van der Waals surface area contributed by atoms with Crippen molar-refractivity contribution in [2.24, 2.45) is 11.7 Å². The minimum absolute atomic E-state index is 0.0954. The molecule has 0 saturated carbocycles. The second-order valence-electron chi connectivity index (χ2n) is 4.93. The van der Waals surface area contributed by atoms with Crippen LogP contribution in [0, 0.1) is 5.92 Å². The summed E-state index contributed by atoms with van der Waals surface area (Å²) in [4.78, 5) is 11.3. The minimum atomic E-state index is -0.289. The molecule has 0 aliphatic carbocycles. The Hall–Kier alpha value is -1.46. The Bertz CT molecular complexity index is 493. The number of hydrogen-bond acceptors (Lipinski definition) is 5. The van der Waals surface area contributed by atoms with Gasteiger partial charge < -0.3 is 19.9 Å². The summed E-state index contributed by atoms with van der Waals surface area (Å²) in [6.07, 6.45) is 0.949. The van der Waals surface area contributed by atoms with Crippen molar-refractivity contribution < 1.29 is 19.0 Å². The lowest BCUT2D eigenvalue weighted by Crippen LogP contribution is -2.17. The molecule has 0 amide bonds. The first-order valence-corrected chi connectivity index (χ1v) is 7.05. The van der Waals surface area contributed by atoms with E-state index in [2.05, 4.69) is 4.74 Å². The van der Waals surface area contributed by atoms with Gasteiger partial charge in [0.1, 0.15) is 16.5 Å². The lowest BCUT2D eigenvalue weighted by Gasteiger charge is -2.20. The number of carbonyl (C=O) groups is 1. The molecule has 0 saturated heterocycles. The van der Waals surface area contributed by atoms with Crippen molar-refractivity contribution in [3.05, 3.63) is 22.7 Å². The summed E-state index contributed by atoms with van der Waals surface area (Å²) in [6, 6.07) is 3.30. The largest absolute Gasteiger partial charge is 0.495 e. The molecule has 0 aliphatic rings. The third-order valence-electron chi connectivity index (χ3n) is 3.31. The first-order valence-electron chi connectivity index (χ1n) is 6.67. The van der Waals surface area contributed by atoms with Crippen LogP contribution in [0.5, 0.6) is 11.5 Å². The van der Waals surface area contributed by atoms with Crippen LogP contribution in [0.25, 0.3) is 0 Å². The zero-order valence-electron chi connectivity index (χ0n) is 12.8. The third-order valence-corrected chi connectivity index (χ3v) is 3.67. The normalized spacial score (nSPS) is 13.4. The van der Waals surface area contributed by atoms with Crippen molar-refractivity contribution in [3.8, 4) is 11.5 Å². The summed E-state index contributed by atoms with van der Waals surface area (Å²) in [7, 11) is 4.45. The molecule has 1 aromatic carbocycles. The standard InChI is InChI=1S/C15H22ClNO4/c1-9(8-13(18)20-3)7-11(17)10-5-6-12(19-2)14(16)15(10)21-4/h5-6,9,11H,7-8,17H2,1-4H3. The Morgan fingerprint density at radius 2 is 1.95 bits per heavy atom. The Morgan fingerprint density at radius 3 is 2.48 bits per heavy atom. The van der Waals surface area contributed by atoms with Crippen molar-refractivity contribution in [1.82, 2.24) is 0 Å². The number of hydrogen-bond donors (Lipinski definition) is 1. The van der Waals surface area contributed by atoms with Crippen LogP contribution in [0.1, 0.15) is 31.4 Å². The average molecular weight is 316 g/mol. The molecule has 2 unspecified atom stereocenters. The Labute approximate surface area is 130 Å². The highest BCUT2D eigenvalue weighted by molar-refractivity contribution is 6.33. The highest BCUT2D eigenvalue weighted by atomic mass is 35.5. The van der Waals surface area contributed by atoms with Crippen molar-refractivity contribution in [1.29, 1.82) is 0 Å². The molecule has 0 radical (unpaired) electrons. The van der Waals surface area contributed by atoms with Crippen LogP contribution in [-0.2, 0) is 9.53 Å². The van der Waals surface area contributed by atoms with Crippen LogP contribution in [-0.4, -0.2) is 27.3 Å². The number of ether oxygens (including phenoxy) is 3. The fraction of sp³-hybridized carbons (Fsp3) is 0.533. The molecule has 21 heavy (non-hydrogen) atoms. The molecule has 6 heteroatoms. The first-order chi connectivity index (χ1) is 9.94. The molecule has 0 heterocycles. The summed E-state index contributed by atoms with van der Waals surface area (Å²) >= 11 is 6.22. The molecule has 0 aliphatic heterocycles. The number of halogens is 1. The van der Waals surface area contributed by atoms with Gasteiger partial charge in [0.05, 0.1) is 21.3 Å². The Balaban J connectivity index is 2.89. The van der Waals surface area contributed by atoms with E-state index in [0.29, 0.717) is 29.4 Å². The minimum Gasteiger partial charge on any atom is -0.495 e. The molecule has 0 aromatic heterocycles. The van der Waals surface area contributed by atoms with Gasteiger partial charge in [0, 0.05) is 18.0 Å². The van der Waals surface area contributed by atoms with Crippen LogP contribution in [0.15, 0.2) is 12.1 Å². The SMILES string of the molecule is COC(=O)CC(C)CC(N)c1ccc(OC)c(Cl)c1OC. The summed E-state index contributed by atoms with van der Waals surface area (Å²) < 4.78 is 15.2. The molecule has 118 valence electrons. The van der Waals surface area contributed by atoms with Gasteiger partial charge in [-0.15, -0.1) is 0 Å². The lowest BCUT2D eigenvalue weighted by atomic mass is 9.94. The van der Waals surface area contributed by atoms with E-state index < -0.39 is 0 Å². The molecular weight excluding hydrogens is 294 g/mol. The summed E-state index contributed by atoms with van der Waals surface area (Å²) in [5, 5.41) is 0.397.